The number of carbonyl (C=O) groups is 1. The third kappa shape index (κ3) is 22.1. The number of hydrogen-bond donors (Lipinski definition) is 8. The van der Waals surface area contributed by atoms with E-state index in [0.29, 0.717) is 19.3 Å². The molecule has 0 radical (unpaired) electrons. The molecule has 9 atom stereocenters. The molecule has 0 saturated carbocycles. The average molecular weight is 744 g/mol. The summed E-state index contributed by atoms with van der Waals surface area (Å²) in [7, 11) is 0. The Morgan fingerprint density at radius 2 is 1.15 bits per heavy atom. The number of carbonyl (C=O) groups excluding carboxylic acids is 1. The lowest BCUT2D eigenvalue weighted by molar-refractivity contribution is -0.303. The van der Waals surface area contributed by atoms with Gasteiger partial charge in [-0.25, -0.2) is 0 Å². The van der Waals surface area contributed by atoms with E-state index in [1.165, 1.54) is 77.0 Å². The Hall–Kier alpha value is -1.41. The first-order chi connectivity index (χ1) is 25.2. The van der Waals surface area contributed by atoms with Crippen molar-refractivity contribution in [3.63, 3.8) is 0 Å². The maximum atomic E-state index is 13.0. The molecule has 1 amide bonds. The summed E-state index contributed by atoms with van der Waals surface area (Å²) in [4.78, 5) is 13.0. The lowest BCUT2D eigenvalue weighted by Gasteiger charge is -2.40. The molecule has 0 bridgehead atoms. The second kappa shape index (κ2) is 31.9. The van der Waals surface area contributed by atoms with Crippen LogP contribution < -0.4 is 5.32 Å². The third-order valence-corrected chi connectivity index (χ3v) is 9.98. The molecule has 1 rings (SSSR count). The Morgan fingerprint density at radius 3 is 1.71 bits per heavy atom. The van der Waals surface area contributed by atoms with E-state index in [1.54, 1.807) is 0 Å². The van der Waals surface area contributed by atoms with Gasteiger partial charge in [-0.05, 0) is 51.4 Å². The van der Waals surface area contributed by atoms with Gasteiger partial charge in [-0.3, -0.25) is 4.79 Å². The van der Waals surface area contributed by atoms with E-state index in [-0.39, 0.29) is 12.8 Å². The Bertz CT molecular complexity index is 903. The first-order valence-corrected chi connectivity index (χ1v) is 20.7. The van der Waals surface area contributed by atoms with Crippen LogP contribution in [0.1, 0.15) is 162 Å². The highest BCUT2D eigenvalue weighted by atomic mass is 16.7. The van der Waals surface area contributed by atoms with Crippen LogP contribution >= 0.6 is 0 Å². The molecule has 8 N–H and O–H groups in total. The number of nitrogens with one attached hydrogen (secondary N) is 1. The summed E-state index contributed by atoms with van der Waals surface area (Å²) in [6, 6.07) is -1.18. The number of amides is 1. The summed E-state index contributed by atoms with van der Waals surface area (Å²) in [5, 5.41) is 75.3. The maximum absolute atomic E-state index is 13.0. The monoisotopic (exact) mass is 744 g/mol. The smallest absolute Gasteiger partial charge is 0.249 e. The Morgan fingerprint density at radius 1 is 0.654 bits per heavy atom. The van der Waals surface area contributed by atoms with Gasteiger partial charge in [0.2, 0.25) is 5.91 Å². The lowest BCUT2D eigenvalue weighted by Crippen LogP contribution is -2.60. The molecule has 0 aromatic carbocycles. The van der Waals surface area contributed by atoms with Crippen LogP contribution in [0.15, 0.2) is 24.3 Å². The van der Waals surface area contributed by atoms with Gasteiger partial charge in [0.25, 0.3) is 0 Å². The first-order valence-electron chi connectivity index (χ1n) is 20.7. The number of aliphatic hydroxyl groups is 7. The molecule has 0 spiro atoms. The fourth-order valence-electron chi connectivity index (χ4n) is 6.45. The second-order valence-electron chi connectivity index (χ2n) is 14.7. The minimum atomic E-state index is -1.67. The molecule has 9 unspecified atom stereocenters. The maximum Gasteiger partial charge on any atom is 0.249 e. The molecule has 0 aliphatic carbocycles. The Kier molecular flexibility index (Phi) is 29.8. The van der Waals surface area contributed by atoms with Crippen LogP contribution in [0.3, 0.4) is 0 Å². The predicted octanol–water partition coefficient (Wildman–Crippen LogP) is 5.49. The normalized spacial score (nSPS) is 23.3. The summed E-state index contributed by atoms with van der Waals surface area (Å²) in [5.74, 6) is -0.713. The van der Waals surface area contributed by atoms with Gasteiger partial charge in [0.15, 0.2) is 6.29 Å². The molecule has 1 saturated heterocycles. The number of allylic oxidation sites excluding steroid dienone is 4. The molecule has 1 heterocycles. The number of unbranched alkanes of at least 4 members (excludes halogenated alkanes) is 17. The van der Waals surface area contributed by atoms with Crippen LogP contribution in [0.4, 0.5) is 0 Å². The second-order valence-corrected chi connectivity index (χ2v) is 14.7. The number of aliphatic hydroxyl groups excluding tert-OH is 7. The minimum absolute atomic E-state index is 0.247. The zero-order valence-electron chi connectivity index (χ0n) is 32.5. The topological polar surface area (TPSA) is 189 Å². The van der Waals surface area contributed by atoms with Gasteiger partial charge >= 0.3 is 0 Å². The highest BCUT2D eigenvalue weighted by Crippen LogP contribution is 2.23. The SMILES string of the molecule is CCCCC/C=C/CC/C=C/CCCC(O)C(O)C(COC1OC(CO)C(O)C(O)C1O)NC(=O)C(O)CCCCCCCCCCCCCCC. The molecular formula is C41H77NO10. The molecule has 11 heteroatoms. The fourth-order valence-corrected chi connectivity index (χ4v) is 6.45. The number of hydrogen-bond acceptors (Lipinski definition) is 10. The Balaban J connectivity index is 2.56. The summed E-state index contributed by atoms with van der Waals surface area (Å²) in [6.45, 7) is 3.35. The van der Waals surface area contributed by atoms with Gasteiger partial charge in [-0.2, -0.15) is 0 Å². The quantitative estimate of drug-likeness (QED) is 0.0315. The predicted molar refractivity (Wildman–Crippen MR) is 205 cm³/mol. The summed E-state index contributed by atoms with van der Waals surface area (Å²) >= 11 is 0. The van der Waals surface area contributed by atoms with Crippen LogP contribution in [-0.2, 0) is 14.3 Å². The van der Waals surface area contributed by atoms with Crippen LogP contribution in [0.25, 0.3) is 0 Å². The fraction of sp³-hybridized carbons (Fsp3) is 0.878. The van der Waals surface area contributed by atoms with Crippen LogP contribution in [-0.4, -0.2) is 110 Å². The molecule has 0 aromatic rings. The molecule has 1 aliphatic heterocycles. The molecule has 1 aliphatic rings. The minimum Gasteiger partial charge on any atom is -0.394 e. The number of rotatable bonds is 33. The van der Waals surface area contributed by atoms with Crippen LogP contribution in [0, 0.1) is 0 Å². The lowest BCUT2D eigenvalue weighted by atomic mass is 9.98. The molecule has 11 nitrogen and oxygen atoms in total. The highest BCUT2D eigenvalue weighted by molar-refractivity contribution is 5.80. The van der Waals surface area contributed by atoms with Crippen molar-refractivity contribution in [1.29, 1.82) is 0 Å². The van der Waals surface area contributed by atoms with E-state index in [9.17, 15) is 40.5 Å². The van der Waals surface area contributed by atoms with Crippen molar-refractivity contribution in [3.8, 4) is 0 Å². The zero-order valence-corrected chi connectivity index (χ0v) is 32.5. The van der Waals surface area contributed by atoms with E-state index in [2.05, 4.69) is 43.5 Å². The van der Waals surface area contributed by atoms with Crippen LogP contribution in [0.5, 0.6) is 0 Å². The largest absolute Gasteiger partial charge is 0.394 e. The van der Waals surface area contributed by atoms with E-state index in [4.69, 9.17) is 9.47 Å². The van der Waals surface area contributed by atoms with Gasteiger partial charge in [-0.15, -0.1) is 0 Å². The van der Waals surface area contributed by atoms with Gasteiger partial charge in [0, 0.05) is 0 Å². The zero-order chi connectivity index (χ0) is 38.4. The van der Waals surface area contributed by atoms with Gasteiger partial charge in [0.05, 0.1) is 25.4 Å². The number of ether oxygens (including phenoxy) is 2. The van der Waals surface area contributed by atoms with Crippen molar-refractivity contribution >= 4 is 5.91 Å². The average Bonchev–Trinajstić information content (AvgIpc) is 3.14. The van der Waals surface area contributed by atoms with Crippen molar-refractivity contribution in [2.45, 2.75) is 217 Å². The van der Waals surface area contributed by atoms with E-state index >= 15 is 0 Å². The highest BCUT2D eigenvalue weighted by Gasteiger charge is 2.44. The van der Waals surface area contributed by atoms with Crippen molar-refractivity contribution in [1.82, 2.24) is 5.32 Å². The van der Waals surface area contributed by atoms with Crippen molar-refractivity contribution in [2.24, 2.45) is 0 Å². The third-order valence-electron chi connectivity index (χ3n) is 9.98. The molecule has 1 fully saturated rings. The van der Waals surface area contributed by atoms with E-state index in [0.717, 1.165) is 38.5 Å². The summed E-state index contributed by atoms with van der Waals surface area (Å²) < 4.78 is 11.0. The Labute approximate surface area is 314 Å². The molecule has 306 valence electrons. The molecule has 0 aromatic heterocycles. The van der Waals surface area contributed by atoms with Gasteiger partial charge < -0.3 is 50.5 Å². The van der Waals surface area contributed by atoms with Crippen molar-refractivity contribution in [3.05, 3.63) is 24.3 Å². The van der Waals surface area contributed by atoms with Gasteiger partial charge in [-0.1, -0.05) is 134 Å². The van der Waals surface area contributed by atoms with Crippen LogP contribution in [0.2, 0.25) is 0 Å². The first kappa shape index (κ1) is 48.6. The van der Waals surface area contributed by atoms with Crippen molar-refractivity contribution in [2.75, 3.05) is 13.2 Å². The van der Waals surface area contributed by atoms with E-state index in [1.807, 2.05) is 0 Å². The molecular weight excluding hydrogens is 666 g/mol. The summed E-state index contributed by atoms with van der Waals surface area (Å²) in [6.07, 6.45) is 20.9. The molecule has 52 heavy (non-hydrogen) atoms. The van der Waals surface area contributed by atoms with E-state index < -0.39 is 74.2 Å². The van der Waals surface area contributed by atoms with Crippen molar-refractivity contribution < 1.29 is 50.0 Å². The summed E-state index contributed by atoms with van der Waals surface area (Å²) in [5.41, 5.74) is 0. The standard InChI is InChI=1S/C41H77NO10/c1-3-5-7-9-11-13-15-17-19-21-23-25-27-29-34(45)40(50)42-32(31-51-41-39(49)38(48)37(47)35(30-43)52-41)36(46)33(44)28-26-24-22-20-18-16-14-12-10-8-6-4-2/h12,14,20,22,32-39,41,43-49H,3-11,13,15-19,21,23-31H2,1-2H3,(H,42,50)/b14-12+,22-20+. The van der Waals surface area contributed by atoms with Gasteiger partial charge in [0.1, 0.15) is 36.6 Å².